The first-order valence-electron chi connectivity index (χ1n) is 5.70. The first-order valence-corrected chi connectivity index (χ1v) is 5.70. The van der Waals surface area contributed by atoms with E-state index in [0.29, 0.717) is 0 Å². The largest absolute Gasteiger partial charge is 0.324 e. The molecule has 2 N–H and O–H groups in total. The van der Waals surface area contributed by atoms with E-state index in [1.165, 1.54) is 4.90 Å². The van der Waals surface area contributed by atoms with Crippen LogP contribution in [0.15, 0.2) is 18.2 Å². The normalized spacial score (nSPS) is 18.7. The Morgan fingerprint density at radius 1 is 1.39 bits per heavy atom. The Kier molecular flexibility index (Phi) is 3.07. The molecule has 1 atom stereocenters. The molecule has 4 nitrogen and oxygen atoms in total. The van der Waals surface area contributed by atoms with E-state index in [1.54, 1.807) is 0 Å². The summed E-state index contributed by atoms with van der Waals surface area (Å²) in [6, 6.07) is 5.32. The first-order chi connectivity index (χ1) is 8.52. The van der Waals surface area contributed by atoms with E-state index in [-0.39, 0.29) is 18.4 Å². The molecule has 2 amide bonds. The van der Waals surface area contributed by atoms with Crippen molar-refractivity contribution in [3.63, 3.8) is 0 Å². The Labute approximate surface area is 107 Å². The first kappa shape index (κ1) is 12.2. The maximum atomic E-state index is 11.7. The fraction of sp³-hybridized carbons (Fsp3) is 0.286. The lowest BCUT2D eigenvalue weighted by Crippen LogP contribution is -2.30. The van der Waals surface area contributed by atoms with Crippen LogP contribution in [0.3, 0.4) is 0 Å². The molecule has 1 aliphatic rings. The van der Waals surface area contributed by atoms with Crippen molar-refractivity contribution >= 4 is 11.9 Å². The molecule has 2 rings (SSSR count). The van der Waals surface area contributed by atoms with E-state index in [4.69, 9.17) is 11.8 Å². The molecule has 1 aliphatic heterocycles. The fourth-order valence-electron chi connectivity index (χ4n) is 2.30. The smallest absolute Gasteiger partial charge is 0.299 e. The number of amidine groups is 1. The summed E-state index contributed by atoms with van der Waals surface area (Å²) >= 11 is 0. The monoisotopic (exact) mass is 241 g/mol. The lowest BCUT2D eigenvalue weighted by molar-refractivity contribution is 0.212. The molecule has 1 fully saturated rings. The van der Waals surface area contributed by atoms with Gasteiger partial charge >= 0.3 is 6.03 Å². The summed E-state index contributed by atoms with van der Waals surface area (Å²) in [6.07, 6.45) is 5.27. The number of carbonyl (C=O) groups excluding carboxylic acids is 1. The maximum Gasteiger partial charge on any atom is 0.324 e. The highest BCUT2D eigenvalue weighted by atomic mass is 16.2. The number of benzene rings is 1. The Bertz CT molecular complexity index is 536. The van der Waals surface area contributed by atoms with E-state index in [9.17, 15) is 4.79 Å². The summed E-state index contributed by atoms with van der Waals surface area (Å²) in [5.41, 5.74) is 3.14. The molecule has 0 saturated carbocycles. The van der Waals surface area contributed by atoms with Crippen LogP contribution in [0.25, 0.3) is 0 Å². The van der Waals surface area contributed by atoms with Crippen LogP contribution in [0.1, 0.15) is 22.7 Å². The summed E-state index contributed by atoms with van der Waals surface area (Å²) in [5, 5.41) is 10.4. The standard InChI is InChI=1S/C14H15N3O/c1-4-5-17-12(13(15)16-14(17)18)11-7-9(2)6-10(3)8-11/h1,6-8,12H,5H2,2-3H3,(H2,15,16,18). The van der Waals surface area contributed by atoms with Crippen LogP contribution >= 0.6 is 0 Å². The molecular formula is C14H15N3O. The number of terminal acetylenes is 1. The highest BCUT2D eigenvalue weighted by Crippen LogP contribution is 2.27. The van der Waals surface area contributed by atoms with E-state index >= 15 is 0 Å². The van der Waals surface area contributed by atoms with Crippen molar-refractivity contribution in [2.75, 3.05) is 6.54 Å². The average Bonchev–Trinajstić information content (AvgIpc) is 2.53. The van der Waals surface area contributed by atoms with Crippen LogP contribution in [0.5, 0.6) is 0 Å². The highest BCUT2D eigenvalue weighted by molar-refractivity contribution is 6.06. The lowest BCUT2D eigenvalue weighted by Gasteiger charge is -2.21. The zero-order chi connectivity index (χ0) is 13.3. The van der Waals surface area contributed by atoms with Gasteiger partial charge in [0.25, 0.3) is 0 Å². The van der Waals surface area contributed by atoms with Crippen molar-refractivity contribution in [2.24, 2.45) is 0 Å². The van der Waals surface area contributed by atoms with Gasteiger partial charge in [0.15, 0.2) is 0 Å². The molecule has 18 heavy (non-hydrogen) atoms. The van der Waals surface area contributed by atoms with Gasteiger partial charge in [0.2, 0.25) is 0 Å². The third-order valence-corrected chi connectivity index (χ3v) is 2.91. The maximum absolute atomic E-state index is 11.7. The minimum atomic E-state index is -0.396. The van der Waals surface area contributed by atoms with Gasteiger partial charge in [-0.05, 0) is 19.4 Å². The van der Waals surface area contributed by atoms with Crippen molar-refractivity contribution in [3.05, 3.63) is 34.9 Å². The topological polar surface area (TPSA) is 56.2 Å². The Hall–Kier alpha value is -2.28. The van der Waals surface area contributed by atoms with Crippen molar-refractivity contribution in [1.82, 2.24) is 10.2 Å². The quantitative estimate of drug-likeness (QED) is 0.764. The molecule has 92 valence electrons. The van der Waals surface area contributed by atoms with Gasteiger partial charge in [-0.2, -0.15) is 0 Å². The van der Waals surface area contributed by atoms with Gasteiger partial charge in [0.1, 0.15) is 11.9 Å². The molecule has 0 aliphatic carbocycles. The van der Waals surface area contributed by atoms with Crippen LogP contribution in [-0.4, -0.2) is 23.3 Å². The number of amides is 2. The zero-order valence-electron chi connectivity index (χ0n) is 10.4. The molecule has 0 spiro atoms. The van der Waals surface area contributed by atoms with E-state index in [0.717, 1.165) is 16.7 Å². The number of nitrogens with one attached hydrogen (secondary N) is 2. The van der Waals surface area contributed by atoms with Crippen LogP contribution < -0.4 is 5.32 Å². The summed E-state index contributed by atoms with van der Waals surface area (Å²) in [4.78, 5) is 13.2. The average molecular weight is 241 g/mol. The summed E-state index contributed by atoms with van der Waals surface area (Å²) in [7, 11) is 0. The van der Waals surface area contributed by atoms with Gasteiger partial charge in [-0.25, -0.2) is 4.79 Å². The zero-order valence-corrected chi connectivity index (χ0v) is 10.4. The minimum Gasteiger partial charge on any atom is -0.299 e. The van der Waals surface area contributed by atoms with E-state index in [2.05, 4.69) is 17.3 Å². The lowest BCUT2D eigenvalue weighted by atomic mass is 10.0. The van der Waals surface area contributed by atoms with Crippen molar-refractivity contribution < 1.29 is 4.79 Å². The molecule has 1 aromatic rings. The molecule has 4 heteroatoms. The number of rotatable bonds is 2. The third kappa shape index (κ3) is 2.07. The summed E-state index contributed by atoms with van der Waals surface area (Å²) in [5.74, 6) is 2.64. The van der Waals surface area contributed by atoms with Crippen LogP contribution in [0.2, 0.25) is 0 Å². The van der Waals surface area contributed by atoms with Crippen molar-refractivity contribution in [2.45, 2.75) is 19.9 Å². The Morgan fingerprint density at radius 2 is 2.00 bits per heavy atom. The molecule has 0 radical (unpaired) electrons. The van der Waals surface area contributed by atoms with Gasteiger partial charge in [-0.15, -0.1) is 6.42 Å². The molecule has 1 unspecified atom stereocenters. The third-order valence-electron chi connectivity index (χ3n) is 2.91. The summed E-state index contributed by atoms with van der Waals surface area (Å²) in [6.45, 7) is 4.19. The van der Waals surface area contributed by atoms with Crippen LogP contribution in [-0.2, 0) is 0 Å². The molecule has 0 bridgehead atoms. The molecular weight excluding hydrogens is 226 g/mol. The van der Waals surface area contributed by atoms with Gasteiger partial charge < -0.3 is 0 Å². The van der Waals surface area contributed by atoms with Gasteiger partial charge in [-0.1, -0.05) is 35.2 Å². The molecule has 0 aromatic heterocycles. The van der Waals surface area contributed by atoms with Gasteiger partial charge in [0.05, 0.1) is 6.54 Å². The highest BCUT2D eigenvalue weighted by Gasteiger charge is 2.36. The molecule has 1 heterocycles. The molecule has 1 saturated heterocycles. The van der Waals surface area contributed by atoms with Crippen molar-refractivity contribution in [3.8, 4) is 12.3 Å². The molecule has 1 aromatic carbocycles. The second-order valence-corrected chi connectivity index (χ2v) is 4.50. The van der Waals surface area contributed by atoms with Gasteiger partial charge in [0, 0.05) is 0 Å². The predicted octanol–water partition coefficient (Wildman–Crippen LogP) is 1.98. The summed E-state index contributed by atoms with van der Waals surface area (Å²) < 4.78 is 0. The van der Waals surface area contributed by atoms with Crippen LogP contribution in [0, 0.1) is 31.6 Å². The number of urea groups is 1. The van der Waals surface area contributed by atoms with Crippen molar-refractivity contribution in [1.29, 1.82) is 5.41 Å². The minimum absolute atomic E-state index is 0.181. The number of aryl methyl sites for hydroxylation is 2. The number of nitrogens with zero attached hydrogens (tertiary/aromatic N) is 1. The SMILES string of the molecule is C#CCN1C(=O)NC(=N)C1c1cc(C)cc(C)c1. The Morgan fingerprint density at radius 3 is 2.56 bits per heavy atom. The second kappa shape index (κ2) is 4.53. The fourth-order valence-corrected chi connectivity index (χ4v) is 2.30. The predicted molar refractivity (Wildman–Crippen MR) is 70.5 cm³/mol. The van der Waals surface area contributed by atoms with E-state index in [1.807, 2.05) is 26.0 Å². The van der Waals surface area contributed by atoms with Gasteiger partial charge in [-0.3, -0.25) is 15.6 Å². The second-order valence-electron chi connectivity index (χ2n) is 4.50. The van der Waals surface area contributed by atoms with Crippen LogP contribution in [0.4, 0.5) is 4.79 Å². The number of hydrogen-bond donors (Lipinski definition) is 2. The number of carbonyl (C=O) groups is 1. The van der Waals surface area contributed by atoms with E-state index < -0.39 is 6.04 Å². The number of hydrogen-bond acceptors (Lipinski definition) is 2. The Balaban J connectivity index is 2.44.